The predicted octanol–water partition coefficient (Wildman–Crippen LogP) is 2.66. The second-order valence-electron chi connectivity index (χ2n) is 5.64. The van der Waals surface area contributed by atoms with Crippen LogP contribution in [-0.2, 0) is 14.3 Å². The van der Waals surface area contributed by atoms with E-state index >= 15 is 0 Å². The van der Waals surface area contributed by atoms with E-state index in [4.69, 9.17) is 4.74 Å². The number of amides is 2. The number of esters is 1. The van der Waals surface area contributed by atoms with Gasteiger partial charge in [-0.3, -0.25) is 19.7 Å². The number of rotatable bonds is 6. The number of carbonyl (C=O) groups is 3. The van der Waals surface area contributed by atoms with Crippen LogP contribution in [0.5, 0.6) is 0 Å². The summed E-state index contributed by atoms with van der Waals surface area (Å²) >= 11 is 0. The highest BCUT2D eigenvalue weighted by Crippen LogP contribution is 2.22. The van der Waals surface area contributed by atoms with Crippen molar-refractivity contribution in [3.8, 4) is 0 Å². The second kappa shape index (κ2) is 8.56. The lowest BCUT2D eigenvalue weighted by atomic mass is 10.2. The first-order valence-corrected chi connectivity index (χ1v) is 7.86. The SMILES string of the molecule is CC(=O)Nc1ccc(C(=O)OCC(=O)Nc2ccc(C)c([N+](=O)[O-])c2)cc1. The minimum atomic E-state index is -0.714. The van der Waals surface area contributed by atoms with Crippen LogP contribution in [0.25, 0.3) is 0 Å². The summed E-state index contributed by atoms with van der Waals surface area (Å²) in [5, 5.41) is 15.9. The van der Waals surface area contributed by atoms with E-state index < -0.39 is 23.4 Å². The number of carbonyl (C=O) groups excluding carboxylic acids is 3. The Morgan fingerprint density at radius 2 is 1.67 bits per heavy atom. The number of hydrogen-bond donors (Lipinski definition) is 2. The van der Waals surface area contributed by atoms with Gasteiger partial charge in [0.1, 0.15) is 0 Å². The summed E-state index contributed by atoms with van der Waals surface area (Å²) in [6.45, 7) is 2.40. The number of nitro benzene ring substituents is 1. The highest BCUT2D eigenvalue weighted by atomic mass is 16.6. The van der Waals surface area contributed by atoms with Gasteiger partial charge in [-0.05, 0) is 37.3 Å². The Balaban J connectivity index is 1.91. The maximum absolute atomic E-state index is 11.9. The molecule has 2 aromatic carbocycles. The Hall–Kier alpha value is -3.75. The number of nitrogens with one attached hydrogen (secondary N) is 2. The average Bonchev–Trinajstić information content (AvgIpc) is 2.61. The molecule has 0 aliphatic rings. The Morgan fingerprint density at radius 3 is 2.26 bits per heavy atom. The van der Waals surface area contributed by atoms with Gasteiger partial charge in [-0.1, -0.05) is 6.07 Å². The van der Waals surface area contributed by atoms with E-state index in [1.165, 1.54) is 49.4 Å². The molecule has 0 spiro atoms. The largest absolute Gasteiger partial charge is 0.452 e. The zero-order chi connectivity index (χ0) is 20.0. The van der Waals surface area contributed by atoms with Crippen LogP contribution >= 0.6 is 0 Å². The van der Waals surface area contributed by atoms with Crippen molar-refractivity contribution in [2.75, 3.05) is 17.2 Å². The van der Waals surface area contributed by atoms with Crippen molar-refractivity contribution >= 4 is 34.8 Å². The normalized spacial score (nSPS) is 10.0. The van der Waals surface area contributed by atoms with Gasteiger partial charge in [0.25, 0.3) is 11.6 Å². The minimum Gasteiger partial charge on any atom is -0.452 e. The van der Waals surface area contributed by atoms with E-state index in [2.05, 4.69) is 10.6 Å². The van der Waals surface area contributed by atoms with Gasteiger partial charge in [0.2, 0.25) is 5.91 Å². The molecule has 0 saturated carbocycles. The van der Waals surface area contributed by atoms with Crippen LogP contribution in [0.4, 0.5) is 17.1 Å². The minimum absolute atomic E-state index is 0.121. The zero-order valence-corrected chi connectivity index (χ0v) is 14.6. The molecule has 9 nitrogen and oxygen atoms in total. The highest BCUT2D eigenvalue weighted by Gasteiger charge is 2.14. The smallest absolute Gasteiger partial charge is 0.338 e. The molecule has 0 aliphatic carbocycles. The molecule has 0 fully saturated rings. The van der Waals surface area contributed by atoms with Gasteiger partial charge in [-0.25, -0.2) is 4.79 Å². The molecule has 2 N–H and O–H groups in total. The van der Waals surface area contributed by atoms with Gasteiger partial charge in [0.15, 0.2) is 6.61 Å². The van der Waals surface area contributed by atoms with Crippen LogP contribution in [0.3, 0.4) is 0 Å². The number of ether oxygens (including phenoxy) is 1. The lowest BCUT2D eigenvalue weighted by Crippen LogP contribution is -2.21. The Bertz CT molecular complexity index is 892. The standard InChI is InChI=1S/C18H17N3O6/c1-11-3-6-15(9-16(11)21(25)26)20-17(23)10-27-18(24)13-4-7-14(8-5-13)19-12(2)22/h3-9H,10H2,1-2H3,(H,19,22)(H,20,23). The molecule has 2 amide bonds. The summed E-state index contributed by atoms with van der Waals surface area (Å²) in [6.07, 6.45) is 0. The van der Waals surface area contributed by atoms with E-state index in [0.717, 1.165) is 0 Å². The first-order valence-electron chi connectivity index (χ1n) is 7.86. The maximum atomic E-state index is 11.9. The summed E-state index contributed by atoms with van der Waals surface area (Å²) in [7, 11) is 0. The zero-order valence-electron chi connectivity index (χ0n) is 14.6. The van der Waals surface area contributed by atoms with Crippen molar-refractivity contribution in [2.24, 2.45) is 0 Å². The maximum Gasteiger partial charge on any atom is 0.338 e. The van der Waals surface area contributed by atoms with Crippen LogP contribution in [0, 0.1) is 17.0 Å². The topological polar surface area (TPSA) is 128 Å². The molecule has 0 aromatic heterocycles. The van der Waals surface area contributed by atoms with Gasteiger partial charge >= 0.3 is 5.97 Å². The molecule has 0 unspecified atom stereocenters. The summed E-state index contributed by atoms with van der Waals surface area (Å²) in [6, 6.07) is 10.2. The summed E-state index contributed by atoms with van der Waals surface area (Å²) in [4.78, 5) is 45.1. The van der Waals surface area contributed by atoms with Gasteiger partial charge in [-0.2, -0.15) is 0 Å². The molecule has 140 valence electrons. The van der Waals surface area contributed by atoms with E-state index in [1.807, 2.05) is 0 Å². The Morgan fingerprint density at radius 1 is 1.04 bits per heavy atom. The van der Waals surface area contributed by atoms with Gasteiger partial charge < -0.3 is 15.4 Å². The fourth-order valence-corrected chi connectivity index (χ4v) is 2.19. The summed E-state index contributed by atoms with van der Waals surface area (Å²) in [5.41, 5.74) is 1.31. The van der Waals surface area contributed by atoms with Crippen molar-refractivity contribution in [1.82, 2.24) is 0 Å². The molecule has 0 saturated heterocycles. The first kappa shape index (κ1) is 19.6. The number of hydrogen-bond acceptors (Lipinski definition) is 6. The third kappa shape index (κ3) is 5.63. The number of nitro groups is 1. The monoisotopic (exact) mass is 371 g/mol. The van der Waals surface area contributed by atoms with Crippen molar-refractivity contribution in [1.29, 1.82) is 0 Å². The van der Waals surface area contributed by atoms with Gasteiger partial charge in [0, 0.05) is 29.9 Å². The quantitative estimate of drug-likeness (QED) is 0.456. The molecule has 0 atom stereocenters. The van der Waals surface area contributed by atoms with E-state index in [1.54, 1.807) is 6.92 Å². The molecular weight excluding hydrogens is 354 g/mol. The van der Waals surface area contributed by atoms with Crippen LogP contribution in [0.2, 0.25) is 0 Å². The van der Waals surface area contributed by atoms with Crippen LogP contribution < -0.4 is 10.6 Å². The average molecular weight is 371 g/mol. The Labute approximate surface area is 154 Å². The van der Waals surface area contributed by atoms with Gasteiger partial charge in [0.05, 0.1) is 10.5 Å². The highest BCUT2D eigenvalue weighted by molar-refractivity contribution is 5.96. The summed E-state index contributed by atoms with van der Waals surface area (Å²) in [5.74, 6) is -1.58. The van der Waals surface area contributed by atoms with E-state index in [9.17, 15) is 24.5 Å². The molecule has 2 aromatic rings. The number of aryl methyl sites for hydroxylation is 1. The van der Waals surface area contributed by atoms with Crippen molar-refractivity contribution < 1.29 is 24.0 Å². The van der Waals surface area contributed by atoms with Crippen LogP contribution in [0.1, 0.15) is 22.8 Å². The van der Waals surface area contributed by atoms with Crippen LogP contribution in [-0.4, -0.2) is 29.3 Å². The molecule has 9 heteroatoms. The first-order chi connectivity index (χ1) is 12.8. The van der Waals surface area contributed by atoms with E-state index in [0.29, 0.717) is 11.3 Å². The van der Waals surface area contributed by atoms with E-state index in [-0.39, 0.29) is 22.8 Å². The Kier molecular flexibility index (Phi) is 6.21. The second-order valence-corrected chi connectivity index (χ2v) is 5.64. The number of benzene rings is 2. The lowest BCUT2D eigenvalue weighted by molar-refractivity contribution is -0.385. The molecule has 0 heterocycles. The predicted molar refractivity (Wildman–Crippen MR) is 97.5 cm³/mol. The molecule has 0 bridgehead atoms. The third-order valence-electron chi connectivity index (χ3n) is 3.46. The molecule has 0 radical (unpaired) electrons. The van der Waals surface area contributed by atoms with Gasteiger partial charge in [-0.15, -0.1) is 0 Å². The fourth-order valence-electron chi connectivity index (χ4n) is 2.19. The third-order valence-corrected chi connectivity index (χ3v) is 3.46. The van der Waals surface area contributed by atoms with Crippen molar-refractivity contribution in [3.05, 3.63) is 63.7 Å². The summed E-state index contributed by atoms with van der Waals surface area (Å²) < 4.78 is 4.91. The molecular formula is C18H17N3O6. The molecule has 0 aliphatic heterocycles. The van der Waals surface area contributed by atoms with Crippen molar-refractivity contribution in [2.45, 2.75) is 13.8 Å². The van der Waals surface area contributed by atoms with Crippen LogP contribution in [0.15, 0.2) is 42.5 Å². The molecule has 2 rings (SSSR count). The van der Waals surface area contributed by atoms with Crippen molar-refractivity contribution in [3.63, 3.8) is 0 Å². The number of nitrogens with zero attached hydrogens (tertiary/aromatic N) is 1. The molecule has 27 heavy (non-hydrogen) atoms. The number of anilines is 2. The lowest BCUT2D eigenvalue weighted by Gasteiger charge is -2.08. The fraction of sp³-hybridized carbons (Fsp3) is 0.167.